The van der Waals surface area contributed by atoms with Crippen LogP contribution in [0.4, 0.5) is 17.1 Å². The molecule has 0 aliphatic rings. The largest absolute Gasteiger partial charge is 0.311 e. The molecule has 0 unspecified atom stereocenters. The highest BCUT2D eigenvalue weighted by atomic mass is 15.1. The monoisotopic (exact) mass is 814 g/mol. The lowest BCUT2D eigenvalue weighted by atomic mass is 9.91. The molecule has 1 heterocycles. The standard InChI is InChI=1S/C62H42N2/c1-3-15-43(16-4-1)54-25-13-21-47-22-14-26-55(62(47)54)45-29-33-50(34-30-45)63(52-37-39-53(40-38-52)64-60-27-11-9-23-56(60)57-24-10-12-28-61(57)64)51-35-31-46(32-36-51)59-42-49-20-8-7-19-48(49)41-58(59)44-17-5-2-6-18-44/h1-42H. The van der Waals surface area contributed by atoms with E-state index in [4.69, 9.17) is 0 Å². The summed E-state index contributed by atoms with van der Waals surface area (Å²) in [6, 6.07) is 92.6. The van der Waals surface area contributed by atoms with Crippen LogP contribution in [-0.2, 0) is 0 Å². The van der Waals surface area contributed by atoms with Gasteiger partial charge < -0.3 is 9.47 Å². The highest BCUT2D eigenvalue weighted by molar-refractivity contribution is 6.09. The Hall–Kier alpha value is -8.46. The van der Waals surface area contributed by atoms with E-state index in [1.165, 1.54) is 87.9 Å². The molecule has 12 rings (SSSR count). The zero-order chi connectivity index (χ0) is 42.4. The fourth-order valence-corrected chi connectivity index (χ4v) is 9.75. The third-order valence-electron chi connectivity index (χ3n) is 12.8. The van der Waals surface area contributed by atoms with Crippen molar-refractivity contribution in [1.82, 2.24) is 4.57 Å². The minimum Gasteiger partial charge on any atom is -0.311 e. The van der Waals surface area contributed by atoms with Gasteiger partial charge in [0.05, 0.1) is 11.0 Å². The molecule has 0 aliphatic carbocycles. The number of aromatic nitrogens is 1. The van der Waals surface area contributed by atoms with Crippen molar-refractivity contribution < 1.29 is 0 Å². The van der Waals surface area contributed by atoms with Gasteiger partial charge in [-0.3, -0.25) is 0 Å². The molecule has 11 aromatic carbocycles. The van der Waals surface area contributed by atoms with Gasteiger partial charge in [0.15, 0.2) is 0 Å². The number of para-hydroxylation sites is 2. The number of rotatable bonds is 8. The Morgan fingerprint density at radius 1 is 0.266 bits per heavy atom. The number of fused-ring (bicyclic) bond motifs is 5. The summed E-state index contributed by atoms with van der Waals surface area (Å²) in [5.74, 6) is 0. The van der Waals surface area contributed by atoms with E-state index in [0.29, 0.717) is 0 Å². The number of hydrogen-bond acceptors (Lipinski definition) is 1. The van der Waals surface area contributed by atoms with Crippen molar-refractivity contribution >= 4 is 60.4 Å². The van der Waals surface area contributed by atoms with Gasteiger partial charge in [0.2, 0.25) is 0 Å². The molecule has 0 atom stereocenters. The van der Waals surface area contributed by atoms with Crippen molar-refractivity contribution in [3.8, 4) is 50.2 Å². The van der Waals surface area contributed by atoms with Gasteiger partial charge in [-0.25, -0.2) is 0 Å². The minimum absolute atomic E-state index is 1.08. The average molecular weight is 815 g/mol. The molecular formula is C62H42N2. The van der Waals surface area contributed by atoms with Gasteiger partial charge in [-0.05, 0) is 139 Å². The van der Waals surface area contributed by atoms with E-state index in [2.05, 4.69) is 264 Å². The minimum atomic E-state index is 1.08. The predicted octanol–water partition coefficient (Wildman–Crippen LogP) is 17.2. The third kappa shape index (κ3) is 6.52. The summed E-state index contributed by atoms with van der Waals surface area (Å²) in [4.78, 5) is 2.38. The molecule has 0 radical (unpaired) electrons. The van der Waals surface area contributed by atoms with Gasteiger partial charge in [-0.15, -0.1) is 0 Å². The van der Waals surface area contributed by atoms with Crippen LogP contribution in [0.5, 0.6) is 0 Å². The Labute approximate surface area is 373 Å². The first-order valence-corrected chi connectivity index (χ1v) is 22.0. The topological polar surface area (TPSA) is 8.17 Å². The van der Waals surface area contributed by atoms with Gasteiger partial charge in [0.25, 0.3) is 0 Å². The molecule has 0 saturated carbocycles. The molecule has 0 fully saturated rings. The van der Waals surface area contributed by atoms with Crippen LogP contribution in [0.1, 0.15) is 0 Å². The van der Waals surface area contributed by atoms with E-state index in [0.717, 1.165) is 22.7 Å². The average Bonchev–Trinajstić information content (AvgIpc) is 3.71. The molecule has 64 heavy (non-hydrogen) atoms. The molecular weight excluding hydrogens is 773 g/mol. The fraction of sp³-hybridized carbons (Fsp3) is 0. The van der Waals surface area contributed by atoms with Crippen molar-refractivity contribution in [3.05, 3.63) is 255 Å². The summed E-state index contributed by atoms with van der Waals surface area (Å²) in [5.41, 5.74) is 16.5. The van der Waals surface area contributed by atoms with Crippen LogP contribution < -0.4 is 4.90 Å². The lowest BCUT2D eigenvalue weighted by molar-refractivity contribution is 1.17. The molecule has 0 amide bonds. The summed E-state index contributed by atoms with van der Waals surface area (Å²) >= 11 is 0. The Balaban J connectivity index is 0.980. The lowest BCUT2D eigenvalue weighted by Gasteiger charge is -2.26. The Bertz CT molecular complexity index is 3570. The normalized spacial score (nSPS) is 11.4. The van der Waals surface area contributed by atoms with Crippen LogP contribution >= 0.6 is 0 Å². The van der Waals surface area contributed by atoms with Crippen LogP contribution in [0.15, 0.2) is 255 Å². The van der Waals surface area contributed by atoms with E-state index in [-0.39, 0.29) is 0 Å². The van der Waals surface area contributed by atoms with Gasteiger partial charge in [-0.1, -0.05) is 182 Å². The zero-order valence-electron chi connectivity index (χ0n) is 35.1. The highest BCUT2D eigenvalue weighted by Crippen LogP contribution is 2.42. The van der Waals surface area contributed by atoms with Crippen molar-refractivity contribution in [2.45, 2.75) is 0 Å². The van der Waals surface area contributed by atoms with Crippen LogP contribution in [0.2, 0.25) is 0 Å². The molecule has 0 aliphatic heterocycles. The first kappa shape index (κ1) is 37.3. The maximum absolute atomic E-state index is 2.38. The fourth-order valence-electron chi connectivity index (χ4n) is 9.75. The first-order valence-electron chi connectivity index (χ1n) is 22.0. The smallest absolute Gasteiger partial charge is 0.0541 e. The van der Waals surface area contributed by atoms with Crippen LogP contribution in [0, 0.1) is 0 Å². The van der Waals surface area contributed by atoms with E-state index in [9.17, 15) is 0 Å². The Morgan fingerprint density at radius 2 is 0.641 bits per heavy atom. The van der Waals surface area contributed by atoms with E-state index in [1.54, 1.807) is 0 Å². The number of nitrogens with zero attached hydrogens (tertiary/aromatic N) is 2. The molecule has 2 nitrogen and oxygen atoms in total. The molecule has 0 bridgehead atoms. The zero-order valence-corrected chi connectivity index (χ0v) is 35.1. The Morgan fingerprint density at radius 3 is 1.14 bits per heavy atom. The number of hydrogen-bond donors (Lipinski definition) is 0. The van der Waals surface area contributed by atoms with Gasteiger partial charge >= 0.3 is 0 Å². The van der Waals surface area contributed by atoms with Gasteiger partial charge in [0.1, 0.15) is 0 Å². The second-order valence-corrected chi connectivity index (χ2v) is 16.5. The van der Waals surface area contributed by atoms with Gasteiger partial charge in [0, 0.05) is 33.5 Å². The van der Waals surface area contributed by atoms with Crippen molar-refractivity contribution in [2.24, 2.45) is 0 Å². The van der Waals surface area contributed by atoms with E-state index >= 15 is 0 Å². The second kappa shape index (κ2) is 15.8. The van der Waals surface area contributed by atoms with E-state index in [1.807, 2.05) is 0 Å². The number of anilines is 3. The summed E-state index contributed by atoms with van der Waals surface area (Å²) < 4.78 is 2.38. The van der Waals surface area contributed by atoms with Crippen molar-refractivity contribution in [1.29, 1.82) is 0 Å². The maximum atomic E-state index is 2.38. The van der Waals surface area contributed by atoms with Crippen LogP contribution in [0.3, 0.4) is 0 Å². The molecule has 1 aromatic heterocycles. The maximum Gasteiger partial charge on any atom is 0.0541 e. The Kier molecular flexibility index (Phi) is 9.20. The highest BCUT2D eigenvalue weighted by Gasteiger charge is 2.18. The second-order valence-electron chi connectivity index (χ2n) is 16.5. The lowest BCUT2D eigenvalue weighted by Crippen LogP contribution is -2.10. The summed E-state index contributed by atoms with van der Waals surface area (Å²) in [6.07, 6.45) is 0. The molecule has 300 valence electrons. The molecule has 0 spiro atoms. The van der Waals surface area contributed by atoms with Crippen molar-refractivity contribution in [3.63, 3.8) is 0 Å². The summed E-state index contributed by atoms with van der Waals surface area (Å²) in [5, 5.41) is 7.48. The third-order valence-corrected chi connectivity index (χ3v) is 12.8. The SMILES string of the molecule is c1ccc(-c2cc3ccccc3cc2-c2ccc(N(c3ccc(-c4cccc5cccc(-c6ccccc6)c45)cc3)c3ccc(-n4c5ccccc5c5ccccc54)cc3)cc2)cc1. The van der Waals surface area contributed by atoms with Crippen LogP contribution in [-0.4, -0.2) is 4.57 Å². The van der Waals surface area contributed by atoms with E-state index < -0.39 is 0 Å². The van der Waals surface area contributed by atoms with Crippen LogP contribution in [0.25, 0.3) is 93.5 Å². The molecule has 12 aromatic rings. The predicted molar refractivity (Wildman–Crippen MR) is 272 cm³/mol. The summed E-state index contributed by atoms with van der Waals surface area (Å²) in [7, 11) is 0. The molecule has 0 N–H and O–H groups in total. The molecule has 0 saturated heterocycles. The quantitative estimate of drug-likeness (QED) is 0.148. The summed E-state index contributed by atoms with van der Waals surface area (Å²) in [6.45, 7) is 0. The van der Waals surface area contributed by atoms with Crippen molar-refractivity contribution in [2.75, 3.05) is 4.90 Å². The first-order chi connectivity index (χ1) is 31.7. The van der Waals surface area contributed by atoms with Gasteiger partial charge in [-0.2, -0.15) is 0 Å². The number of benzene rings is 11. The molecule has 2 heteroatoms.